The van der Waals surface area contributed by atoms with E-state index in [0.29, 0.717) is 7.18 Å². The van der Waals surface area contributed by atoms with Crippen LogP contribution >= 0.6 is 0 Å². The van der Waals surface area contributed by atoms with E-state index < -0.39 is 0 Å². The molecule has 1 rings (SSSR count). The predicted molar refractivity (Wildman–Crippen MR) is 35.0 cm³/mol. The summed E-state index contributed by atoms with van der Waals surface area (Å²) in [6.45, 7) is 1.97. The fourth-order valence-corrected chi connectivity index (χ4v) is 0.544. The first-order valence-corrected chi connectivity index (χ1v) is 2.61. The van der Waals surface area contributed by atoms with Crippen LogP contribution in [-0.2, 0) is 7.05 Å². The summed E-state index contributed by atoms with van der Waals surface area (Å²) in [6, 6.07) is 0. The van der Waals surface area contributed by atoms with Crippen LogP contribution in [0.3, 0.4) is 0 Å². The molecule has 3 heteroatoms. The Labute approximate surface area is 54.3 Å². The van der Waals surface area contributed by atoms with E-state index in [1.165, 1.54) is 0 Å². The number of rotatable bonds is 0. The quantitative estimate of drug-likeness (QED) is 0.517. The molecule has 0 aliphatic heterocycles. The van der Waals surface area contributed by atoms with Gasteiger partial charge in [0.05, 0.1) is 19.2 Å². The minimum Gasteiger partial charge on any atom is -0.340 e. The third-order valence-corrected chi connectivity index (χ3v) is 0.834. The van der Waals surface area contributed by atoms with Crippen molar-refractivity contribution >= 4 is 0 Å². The lowest BCUT2D eigenvalue weighted by molar-refractivity contribution is 0.636. The summed E-state index contributed by atoms with van der Waals surface area (Å²) in [4.78, 5) is 3.98. The average molecular weight is 130 g/mol. The molecule has 52 valence electrons. The topological polar surface area (TPSA) is 17.8 Å². The van der Waals surface area contributed by atoms with Gasteiger partial charge in [-0.05, 0) is 6.92 Å². The molecule has 0 aliphatic rings. The first kappa shape index (κ1) is 8.14. The van der Waals surface area contributed by atoms with Crippen LogP contribution in [0.25, 0.3) is 0 Å². The Morgan fingerprint density at radius 2 is 2.11 bits per heavy atom. The van der Waals surface area contributed by atoms with Gasteiger partial charge in [-0.15, -0.1) is 0 Å². The summed E-state index contributed by atoms with van der Waals surface area (Å²) in [6.07, 6.45) is 3.76. The van der Waals surface area contributed by atoms with Gasteiger partial charge in [-0.25, -0.2) is 4.98 Å². The maximum Gasteiger partial charge on any atom is 0.0946 e. The standard InChI is InChI=1S/C5H8N2.CH3F/c1-5-3-7(2)4-6-5;1-2/h3-4H,1-2H3;1H3. The second kappa shape index (κ2) is 4.06. The zero-order chi connectivity index (χ0) is 7.28. The van der Waals surface area contributed by atoms with Gasteiger partial charge in [0.1, 0.15) is 0 Å². The van der Waals surface area contributed by atoms with Gasteiger partial charge in [0.25, 0.3) is 0 Å². The number of halogens is 1. The molecule has 1 aromatic rings. The van der Waals surface area contributed by atoms with Crippen LogP contribution in [-0.4, -0.2) is 16.7 Å². The Bertz CT molecular complexity index is 143. The summed E-state index contributed by atoms with van der Waals surface area (Å²) in [5.41, 5.74) is 1.07. The molecule has 0 amide bonds. The molecule has 0 N–H and O–H groups in total. The Morgan fingerprint density at radius 3 is 2.22 bits per heavy atom. The minimum atomic E-state index is 0.500. The lowest BCUT2D eigenvalue weighted by Crippen LogP contribution is -1.76. The summed E-state index contributed by atoms with van der Waals surface area (Å²) in [7, 11) is 2.46. The van der Waals surface area contributed by atoms with E-state index in [2.05, 4.69) is 4.98 Å². The maximum atomic E-state index is 9.50. The molecule has 0 bridgehead atoms. The predicted octanol–water partition coefficient (Wildman–Crippen LogP) is 1.31. The van der Waals surface area contributed by atoms with Gasteiger partial charge in [0.2, 0.25) is 0 Å². The lowest BCUT2D eigenvalue weighted by atomic mass is 10.6. The highest BCUT2D eigenvalue weighted by atomic mass is 19.1. The highest BCUT2D eigenvalue weighted by Gasteiger charge is 1.81. The first-order chi connectivity index (χ1) is 4.29. The molecule has 2 nitrogen and oxygen atoms in total. The molecule has 0 saturated heterocycles. The van der Waals surface area contributed by atoms with Crippen molar-refractivity contribution in [2.24, 2.45) is 7.05 Å². The summed E-state index contributed by atoms with van der Waals surface area (Å²) in [5, 5.41) is 0. The van der Waals surface area contributed by atoms with E-state index in [4.69, 9.17) is 0 Å². The number of hydrogen-bond acceptors (Lipinski definition) is 1. The van der Waals surface area contributed by atoms with Crippen molar-refractivity contribution in [1.82, 2.24) is 9.55 Å². The summed E-state index contributed by atoms with van der Waals surface area (Å²) < 4.78 is 11.4. The molecule has 0 atom stereocenters. The lowest BCUT2D eigenvalue weighted by Gasteiger charge is -1.78. The summed E-state index contributed by atoms with van der Waals surface area (Å²) in [5.74, 6) is 0. The SMILES string of the molecule is CF.Cc1cn(C)cn1. The monoisotopic (exact) mass is 130 g/mol. The van der Waals surface area contributed by atoms with Crippen LogP contribution in [0, 0.1) is 6.92 Å². The Kier molecular flexibility index (Phi) is 3.67. The fraction of sp³-hybridized carbons (Fsp3) is 0.500. The van der Waals surface area contributed by atoms with E-state index in [0.717, 1.165) is 5.69 Å². The van der Waals surface area contributed by atoms with E-state index in [1.54, 1.807) is 6.33 Å². The van der Waals surface area contributed by atoms with Crippen molar-refractivity contribution in [3.05, 3.63) is 18.2 Å². The van der Waals surface area contributed by atoms with Crippen LogP contribution in [0.5, 0.6) is 0 Å². The van der Waals surface area contributed by atoms with Crippen molar-refractivity contribution < 1.29 is 4.39 Å². The van der Waals surface area contributed by atoms with Gasteiger partial charge in [-0.2, -0.15) is 0 Å². The smallest absolute Gasteiger partial charge is 0.0946 e. The molecule has 0 saturated carbocycles. The minimum absolute atomic E-state index is 0.500. The van der Waals surface area contributed by atoms with Gasteiger partial charge >= 0.3 is 0 Å². The second-order valence-electron chi connectivity index (χ2n) is 1.68. The van der Waals surface area contributed by atoms with Gasteiger partial charge in [0, 0.05) is 13.2 Å². The molecule has 0 radical (unpaired) electrons. The number of nitrogens with zero attached hydrogens (tertiary/aromatic N) is 2. The molecule has 0 fully saturated rings. The number of aromatic nitrogens is 2. The zero-order valence-electron chi connectivity index (χ0n) is 5.93. The third-order valence-electron chi connectivity index (χ3n) is 0.834. The van der Waals surface area contributed by atoms with Crippen molar-refractivity contribution in [2.45, 2.75) is 6.92 Å². The van der Waals surface area contributed by atoms with Crippen LogP contribution in [0.1, 0.15) is 5.69 Å². The molecule has 0 unspecified atom stereocenters. The summed E-state index contributed by atoms with van der Waals surface area (Å²) >= 11 is 0. The zero-order valence-corrected chi connectivity index (χ0v) is 5.93. The Hall–Kier alpha value is -0.860. The fourth-order valence-electron chi connectivity index (χ4n) is 0.544. The molecular formula is C6H11FN2. The van der Waals surface area contributed by atoms with E-state index >= 15 is 0 Å². The highest BCUT2D eigenvalue weighted by molar-refractivity contribution is 4.90. The molecule has 0 spiro atoms. The van der Waals surface area contributed by atoms with Crippen LogP contribution in [0.2, 0.25) is 0 Å². The molecule has 1 heterocycles. The number of hydrogen-bond donors (Lipinski definition) is 0. The average Bonchev–Trinajstić information content (AvgIpc) is 2.20. The Balaban J connectivity index is 0.000000291. The second-order valence-corrected chi connectivity index (χ2v) is 1.68. The number of alkyl halides is 1. The normalized spacial score (nSPS) is 8.00. The van der Waals surface area contributed by atoms with Crippen molar-refractivity contribution in [3.8, 4) is 0 Å². The number of aryl methyl sites for hydroxylation is 2. The van der Waals surface area contributed by atoms with Gasteiger partial charge in [-0.1, -0.05) is 0 Å². The molecule has 1 aromatic heterocycles. The highest BCUT2D eigenvalue weighted by Crippen LogP contribution is 1.86. The van der Waals surface area contributed by atoms with Crippen molar-refractivity contribution in [2.75, 3.05) is 7.18 Å². The van der Waals surface area contributed by atoms with E-state index in [-0.39, 0.29) is 0 Å². The largest absolute Gasteiger partial charge is 0.340 e. The van der Waals surface area contributed by atoms with Crippen molar-refractivity contribution in [1.29, 1.82) is 0 Å². The van der Waals surface area contributed by atoms with Crippen LogP contribution in [0.15, 0.2) is 12.5 Å². The number of imidazole rings is 1. The molecular weight excluding hydrogens is 119 g/mol. The van der Waals surface area contributed by atoms with Gasteiger partial charge in [-0.3, -0.25) is 4.39 Å². The van der Waals surface area contributed by atoms with Crippen molar-refractivity contribution in [3.63, 3.8) is 0 Å². The third kappa shape index (κ3) is 2.85. The van der Waals surface area contributed by atoms with E-state index in [9.17, 15) is 4.39 Å². The first-order valence-electron chi connectivity index (χ1n) is 2.61. The van der Waals surface area contributed by atoms with Crippen LogP contribution in [0.4, 0.5) is 4.39 Å². The molecule has 0 aliphatic carbocycles. The molecule has 0 aromatic carbocycles. The Morgan fingerprint density at radius 1 is 1.56 bits per heavy atom. The van der Waals surface area contributed by atoms with E-state index in [1.807, 2.05) is 24.7 Å². The molecule has 9 heavy (non-hydrogen) atoms. The maximum absolute atomic E-state index is 9.50. The van der Waals surface area contributed by atoms with Crippen LogP contribution < -0.4 is 0 Å². The van der Waals surface area contributed by atoms with Gasteiger partial charge in [0.15, 0.2) is 0 Å². The van der Waals surface area contributed by atoms with Gasteiger partial charge < -0.3 is 4.57 Å².